The molecule has 5 heteroatoms. The van der Waals surface area contributed by atoms with Crippen LogP contribution in [0.15, 0.2) is 18.2 Å². The zero-order valence-electron chi connectivity index (χ0n) is 11.8. The summed E-state index contributed by atoms with van der Waals surface area (Å²) in [6.07, 6.45) is 1.46. The first-order valence-corrected chi connectivity index (χ1v) is 6.52. The standard InChI is InChI=1S/C15H18FNO3/c1-14(2,3)20-13(19)17-10-4-5-12(16)11(8-10)15(9-18)6-7-15/h4-5,8-9H,6-7H2,1-3H3,(H,17,19). The summed E-state index contributed by atoms with van der Waals surface area (Å²) in [5.41, 5.74) is -0.562. The Balaban J connectivity index is 2.16. The monoisotopic (exact) mass is 279 g/mol. The first kappa shape index (κ1) is 14.5. The Labute approximate surface area is 117 Å². The average molecular weight is 279 g/mol. The molecule has 1 aromatic rings. The Morgan fingerprint density at radius 3 is 2.55 bits per heavy atom. The first-order valence-electron chi connectivity index (χ1n) is 6.52. The van der Waals surface area contributed by atoms with E-state index in [4.69, 9.17) is 4.74 Å². The highest BCUT2D eigenvalue weighted by Crippen LogP contribution is 2.47. The Morgan fingerprint density at radius 1 is 1.40 bits per heavy atom. The van der Waals surface area contributed by atoms with Crippen LogP contribution < -0.4 is 5.32 Å². The Bertz CT molecular complexity index is 545. The highest BCUT2D eigenvalue weighted by molar-refractivity contribution is 5.85. The van der Waals surface area contributed by atoms with Crippen LogP contribution in [0.3, 0.4) is 0 Å². The van der Waals surface area contributed by atoms with Crippen LogP contribution in [0.2, 0.25) is 0 Å². The molecule has 1 N–H and O–H groups in total. The van der Waals surface area contributed by atoms with Gasteiger partial charge in [0.2, 0.25) is 0 Å². The average Bonchev–Trinajstić information content (AvgIpc) is 3.10. The lowest BCUT2D eigenvalue weighted by Gasteiger charge is -2.20. The number of nitrogens with one attached hydrogen (secondary N) is 1. The number of carbonyl (C=O) groups excluding carboxylic acids is 2. The fourth-order valence-corrected chi connectivity index (χ4v) is 1.99. The van der Waals surface area contributed by atoms with Gasteiger partial charge in [0.25, 0.3) is 0 Å². The van der Waals surface area contributed by atoms with E-state index >= 15 is 0 Å². The van der Waals surface area contributed by atoms with Crippen molar-refractivity contribution in [1.82, 2.24) is 0 Å². The molecule has 0 radical (unpaired) electrons. The van der Waals surface area contributed by atoms with Gasteiger partial charge in [-0.05, 0) is 51.8 Å². The van der Waals surface area contributed by atoms with Crippen molar-refractivity contribution < 1.29 is 18.7 Å². The molecule has 2 rings (SSSR count). The number of ether oxygens (including phenoxy) is 1. The van der Waals surface area contributed by atoms with Crippen molar-refractivity contribution in [3.8, 4) is 0 Å². The van der Waals surface area contributed by atoms with Gasteiger partial charge in [0.1, 0.15) is 17.7 Å². The van der Waals surface area contributed by atoms with Crippen molar-refractivity contribution >= 4 is 18.1 Å². The highest BCUT2D eigenvalue weighted by atomic mass is 19.1. The second kappa shape index (κ2) is 4.89. The smallest absolute Gasteiger partial charge is 0.412 e. The quantitative estimate of drug-likeness (QED) is 0.863. The zero-order chi connectivity index (χ0) is 15.0. The molecule has 1 aromatic carbocycles. The van der Waals surface area contributed by atoms with Crippen molar-refractivity contribution in [2.75, 3.05) is 5.32 Å². The van der Waals surface area contributed by atoms with Crippen LogP contribution >= 0.6 is 0 Å². The van der Waals surface area contributed by atoms with E-state index in [2.05, 4.69) is 5.32 Å². The van der Waals surface area contributed by atoms with Crippen molar-refractivity contribution in [3.63, 3.8) is 0 Å². The fourth-order valence-electron chi connectivity index (χ4n) is 1.99. The van der Waals surface area contributed by atoms with E-state index in [1.807, 2.05) is 0 Å². The van der Waals surface area contributed by atoms with Gasteiger partial charge < -0.3 is 9.53 Å². The predicted octanol–water partition coefficient (Wildman–Crippen LogP) is 3.40. The molecule has 1 saturated carbocycles. The summed E-state index contributed by atoms with van der Waals surface area (Å²) < 4.78 is 18.9. The molecule has 1 fully saturated rings. The van der Waals surface area contributed by atoms with Crippen LogP contribution in [-0.4, -0.2) is 18.0 Å². The maximum Gasteiger partial charge on any atom is 0.412 e. The number of hydrogen-bond donors (Lipinski definition) is 1. The van der Waals surface area contributed by atoms with Gasteiger partial charge in [-0.1, -0.05) is 0 Å². The molecule has 1 aliphatic carbocycles. The third-order valence-corrected chi connectivity index (χ3v) is 3.16. The SMILES string of the molecule is CC(C)(C)OC(=O)Nc1ccc(F)c(C2(C=O)CC2)c1. The van der Waals surface area contributed by atoms with Gasteiger partial charge in [-0.25, -0.2) is 9.18 Å². The van der Waals surface area contributed by atoms with E-state index in [1.165, 1.54) is 18.2 Å². The predicted molar refractivity (Wildman–Crippen MR) is 73.2 cm³/mol. The molecule has 0 bridgehead atoms. The number of amides is 1. The number of hydrogen-bond acceptors (Lipinski definition) is 3. The Kier molecular flexibility index (Phi) is 3.54. The molecule has 0 aromatic heterocycles. The second-order valence-corrected chi connectivity index (χ2v) is 6.10. The van der Waals surface area contributed by atoms with E-state index in [-0.39, 0.29) is 0 Å². The van der Waals surface area contributed by atoms with E-state index in [1.54, 1.807) is 20.8 Å². The molecule has 0 saturated heterocycles. The summed E-state index contributed by atoms with van der Waals surface area (Å²) in [5, 5.41) is 2.55. The molecule has 0 spiro atoms. The molecular weight excluding hydrogens is 261 g/mol. The number of rotatable bonds is 3. The molecule has 0 atom stereocenters. The van der Waals surface area contributed by atoms with E-state index in [9.17, 15) is 14.0 Å². The number of aldehydes is 1. The van der Waals surface area contributed by atoms with E-state index in [0.717, 1.165) is 6.29 Å². The Morgan fingerprint density at radius 2 is 2.05 bits per heavy atom. The first-order chi connectivity index (χ1) is 9.26. The number of benzene rings is 1. The molecule has 1 aliphatic rings. The van der Waals surface area contributed by atoms with Crippen LogP contribution in [0, 0.1) is 5.82 Å². The minimum absolute atomic E-state index is 0.334. The van der Waals surface area contributed by atoms with E-state index in [0.29, 0.717) is 24.1 Å². The maximum atomic E-state index is 13.8. The summed E-state index contributed by atoms with van der Waals surface area (Å²) in [5.74, 6) is -0.427. The van der Waals surface area contributed by atoms with Gasteiger partial charge in [-0.2, -0.15) is 0 Å². The minimum atomic E-state index is -0.713. The van der Waals surface area contributed by atoms with Gasteiger partial charge >= 0.3 is 6.09 Å². The molecule has 0 aliphatic heterocycles. The summed E-state index contributed by atoms with van der Waals surface area (Å²) in [6.45, 7) is 5.27. The van der Waals surface area contributed by atoms with Crippen LogP contribution in [0.5, 0.6) is 0 Å². The molecular formula is C15H18FNO3. The summed E-state index contributed by atoms with van der Waals surface area (Å²) in [6, 6.07) is 4.20. The lowest BCUT2D eigenvalue weighted by Crippen LogP contribution is -2.27. The highest BCUT2D eigenvalue weighted by Gasteiger charge is 2.46. The van der Waals surface area contributed by atoms with E-state index < -0.39 is 22.9 Å². The zero-order valence-corrected chi connectivity index (χ0v) is 11.8. The second-order valence-electron chi connectivity index (χ2n) is 6.10. The molecule has 0 unspecified atom stereocenters. The van der Waals surface area contributed by atoms with Crippen molar-refractivity contribution in [2.24, 2.45) is 0 Å². The minimum Gasteiger partial charge on any atom is -0.444 e. The molecule has 4 nitrogen and oxygen atoms in total. The summed E-state index contributed by atoms with van der Waals surface area (Å²) in [4.78, 5) is 22.7. The fraction of sp³-hybridized carbons (Fsp3) is 0.467. The van der Waals surface area contributed by atoms with Gasteiger partial charge in [-0.3, -0.25) is 5.32 Å². The van der Waals surface area contributed by atoms with Gasteiger partial charge in [-0.15, -0.1) is 0 Å². The van der Waals surface area contributed by atoms with Crippen LogP contribution in [0.1, 0.15) is 39.2 Å². The molecule has 1 amide bonds. The van der Waals surface area contributed by atoms with Gasteiger partial charge in [0.15, 0.2) is 0 Å². The molecule has 0 heterocycles. The molecule has 108 valence electrons. The lowest BCUT2D eigenvalue weighted by atomic mass is 9.96. The third-order valence-electron chi connectivity index (χ3n) is 3.16. The van der Waals surface area contributed by atoms with Crippen molar-refractivity contribution in [1.29, 1.82) is 0 Å². The normalized spacial score (nSPS) is 16.4. The maximum absolute atomic E-state index is 13.8. The van der Waals surface area contributed by atoms with Gasteiger partial charge in [0.05, 0.1) is 5.41 Å². The lowest BCUT2D eigenvalue weighted by molar-refractivity contribution is -0.109. The van der Waals surface area contributed by atoms with Crippen LogP contribution in [0.4, 0.5) is 14.9 Å². The van der Waals surface area contributed by atoms with Crippen LogP contribution in [-0.2, 0) is 14.9 Å². The third kappa shape index (κ3) is 3.15. The van der Waals surface area contributed by atoms with Crippen molar-refractivity contribution in [2.45, 2.75) is 44.6 Å². The van der Waals surface area contributed by atoms with Gasteiger partial charge in [0, 0.05) is 11.3 Å². The largest absolute Gasteiger partial charge is 0.444 e. The number of halogens is 1. The summed E-state index contributed by atoms with van der Waals surface area (Å²) in [7, 11) is 0. The summed E-state index contributed by atoms with van der Waals surface area (Å²) >= 11 is 0. The topological polar surface area (TPSA) is 55.4 Å². The number of anilines is 1. The molecule has 20 heavy (non-hydrogen) atoms. The van der Waals surface area contributed by atoms with Crippen molar-refractivity contribution in [3.05, 3.63) is 29.6 Å². The Hall–Kier alpha value is -1.91. The van der Waals surface area contributed by atoms with Crippen LogP contribution in [0.25, 0.3) is 0 Å². The number of carbonyl (C=O) groups is 2.